The number of nitrogen functional groups attached to an aromatic ring is 1. The number of aryl methyl sites for hydroxylation is 2. The Bertz CT molecular complexity index is 643. The molecule has 2 heterocycles. The largest absolute Gasteiger partial charge is 0.375 e. The van der Waals surface area contributed by atoms with Gasteiger partial charge in [0, 0.05) is 13.1 Å². The second-order valence-electron chi connectivity index (χ2n) is 3.37. The van der Waals surface area contributed by atoms with Crippen LogP contribution >= 0.6 is 11.3 Å². The van der Waals surface area contributed by atoms with E-state index in [1.165, 1.54) is 10.9 Å². The van der Waals surface area contributed by atoms with Gasteiger partial charge in [-0.3, -0.25) is 9.40 Å². The van der Waals surface area contributed by atoms with Gasteiger partial charge in [-0.05, 0) is 6.92 Å². The van der Waals surface area contributed by atoms with Crippen LogP contribution < -0.4 is 10.5 Å². The summed E-state index contributed by atoms with van der Waals surface area (Å²) in [6.07, 6.45) is 1.51. The molecule has 92 valence electrons. The maximum absolute atomic E-state index is 12.0. The summed E-state index contributed by atoms with van der Waals surface area (Å²) >= 11 is 0.936. The van der Waals surface area contributed by atoms with Crippen LogP contribution in [0.15, 0.2) is 16.5 Å². The minimum absolute atomic E-state index is 0.121. The van der Waals surface area contributed by atoms with Gasteiger partial charge in [-0.25, -0.2) is 13.4 Å². The van der Waals surface area contributed by atoms with E-state index in [-0.39, 0.29) is 9.34 Å². The molecule has 0 fully saturated rings. The van der Waals surface area contributed by atoms with Crippen LogP contribution in [0.1, 0.15) is 5.69 Å². The van der Waals surface area contributed by atoms with Gasteiger partial charge in [0.15, 0.2) is 9.34 Å². The summed E-state index contributed by atoms with van der Waals surface area (Å²) in [5.41, 5.74) is 5.87. The Balaban J connectivity index is 2.38. The number of aromatic nitrogens is 3. The third-order valence-electron chi connectivity index (χ3n) is 2.07. The molecule has 0 saturated carbocycles. The van der Waals surface area contributed by atoms with Gasteiger partial charge in [0.25, 0.3) is 10.0 Å². The lowest BCUT2D eigenvalue weighted by molar-refractivity contribution is 0.601. The molecule has 0 radical (unpaired) electrons. The molecule has 0 aliphatic carbocycles. The number of rotatable bonds is 3. The number of nitrogens with zero attached hydrogens (tertiary/aromatic N) is 3. The predicted octanol–water partition coefficient (Wildman–Crippen LogP) is 0.568. The Morgan fingerprint density at radius 1 is 1.53 bits per heavy atom. The van der Waals surface area contributed by atoms with E-state index in [2.05, 4.69) is 14.8 Å². The number of thiazole rings is 1. The molecular weight excluding hydrogens is 262 g/mol. The second-order valence-corrected chi connectivity index (χ2v) is 6.28. The Kier molecular flexibility index (Phi) is 2.79. The Morgan fingerprint density at radius 3 is 2.71 bits per heavy atom. The standard InChI is InChI=1S/C8H11N5O2S2/c1-5-7(16-8(9)11-5)17(14,15)12-6-3-4-10-13(6)2/h3-4,12H,1-2H3,(H2,9,11). The topological polar surface area (TPSA) is 103 Å². The van der Waals surface area contributed by atoms with Crippen LogP contribution in [-0.2, 0) is 17.1 Å². The first kappa shape index (κ1) is 11.9. The molecule has 17 heavy (non-hydrogen) atoms. The monoisotopic (exact) mass is 273 g/mol. The molecule has 0 saturated heterocycles. The SMILES string of the molecule is Cc1nc(N)sc1S(=O)(=O)Nc1ccnn1C. The molecule has 2 aromatic rings. The van der Waals surface area contributed by atoms with Crippen molar-refractivity contribution in [2.24, 2.45) is 7.05 Å². The van der Waals surface area contributed by atoms with Crippen LogP contribution in [0.5, 0.6) is 0 Å². The van der Waals surface area contributed by atoms with Crippen molar-refractivity contribution >= 4 is 32.3 Å². The lowest BCUT2D eigenvalue weighted by Crippen LogP contribution is -2.15. The first-order chi connectivity index (χ1) is 7.90. The number of sulfonamides is 1. The van der Waals surface area contributed by atoms with E-state index in [1.807, 2.05) is 0 Å². The molecular formula is C8H11N5O2S2. The maximum Gasteiger partial charge on any atom is 0.274 e. The maximum atomic E-state index is 12.0. The molecule has 7 nitrogen and oxygen atoms in total. The van der Waals surface area contributed by atoms with Crippen molar-refractivity contribution in [3.63, 3.8) is 0 Å². The lowest BCUT2D eigenvalue weighted by atomic mass is 10.6. The molecule has 0 aliphatic heterocycles. The first-order valence-corrected chi connectivity index (χ1v) is 6.94. The zero-order chi connectivity index (χ0) is 12.6. The number of nitrogens with one attached hydrogen (secondary N) is 1. The molecule has 0 atom stereocenters. The van der Waals surface area contributed by atoms with Crippen LogP contribution in [0.4, 0.5) is 10.9 Å². The van der Waals surface area contributed by atoms with Crippen molar-refractivity contribution < 1.29 is 8.42 Å². The first-order valence-electron chi connectivity index (χ1n) is 4.64. The fourth-order valence-corrected chi connectivity index (χ4v) is 3.70. The van der Waals surface area contributed by atoms with Gasteiger partial charge in [-0.2, -0.15) is 5.10 Å². The van der Waals surface area contributed by atoms with Crippen LogP contribution in [0.25, 0.3) is 0 Å². The number of hydrogen-bond acceptors (Lipinski definition) is 6. The molecule has 0 aliphatic rings. The Labute approximate surface area is 102 Å². The third-order valence-corrected chi connectivity index (χ3v) is 5.03. The van der Waals surface area contributed by atoms with E-state index in [4.69, 9.17) is 5.73 Å². The van der Waals surface area contributed by atoms with Gasteiger partial charge in [0.2, 0.25) is 0 Å². The molecule has 0 bridgehead atoms. The van der Waals surface area contributed by atoms with Crippen molar-refractivity contribution in [2.45, 2.75) is 11.1 Å². The van der Waals surface area contributed by atoms with Crippen LogP contribution in [0, 0.1) is 6.92 Å². The van der Waals surface area contributed by atoms with E-state index >= 15 is 0 Å². The molecule has 0 unspecified atom stereocenters. The molecule has 0 aromatic carbocycles. The fraction of sp³-hybridized carbons (Fsp3) is 0.250. The molecule has 0 spiro atoms. The summed E-state index contributed by atoms with van der Waals surface area (Å²) in [6.45, 7) is 1.60. The van der Waals surface area contributed by atoms with Crippen molar-refractivity contribution in [3.8, 4) is 0 Å². The van der Waals surface area contributed by atoms with Crippen molar-refractivity contribution in [3.05, 3.63) is 18.0 Å². The fourth-order valence-electron chi connectivity index (χ4n) is 1.31. The quantitative estimate of drug-likeness (QED) is 0.851. The molecule has 2 aromatic heterocycles. The van der Waals surface area contributed by atoms with Gasteiger partial charge < -0.3 is 5.73 Å². The number of anilines is 2. The van der Waals surface area contributed by atoms with Gasteiger partial charge in [-0.15, -0.1) is 0 Å². The number of hydrogen-bond donors (Lipinski definition) is 2. The highest BCUT2D eigenvalue weighted by Crippen LogP contribution is 2.26. The van der Waals surface area contributed by atoms with Crippen molar-refractivity contribution in [1.29, 1.82) is 0 Å². The average molecular weight is 273 g/mol. The summed E-state index contributed by atoms with van der Waals surface area (Å²) in [5.74, 6) is 0.386. The summed E-state index contributed by atoms with van der Waals surface area (Å²) < 4.78 is 28.1. The summed E-state index contributed by atoms with van der Waals surface area (Å²) in [4.78, 5) is 3.88. The van der Waals surface area contributed by atoms with E-state index in [1.54, 1.807) is 20.0 Å². The van der Waals surface area contributed by atoms with Gasteiger partial charge in [0.1, 0.15) is 5.82 Å². The average Bonchev–Trinajstić information content (AvgIpc) is 2.74. The highest BCUT2D eigenvalue weighted by Gasteiger charge is 2.22. The van der Waals surface area contributed by atoms with Gasteiger partial charge >= 0.3 is 0 Å². The van der Waals surface area contributed by atoms with Gasteiger partial charge in [0.05, 0.1) is 11.9 Å². The Morgan fingerprint density at radius 2 is 2.24 bits per heavy atom. The van der Waals surface area contributed by atoms with Crippen LogP contribution in [-0.4, -0.2) is 23.2 Å². The predicted molar refractivity (Wildman–Crippen MR) is 65.3 cm³/mol. The molecule has 0 amide bonds. The van der Waals surface area contributed by atoms with Crippen LogP contribution in [0.3, 0.4) is 0 Å². The summed E-state index contributed by atoms with van der Waals surface area (Å²) in [6, 6.07) is 1.57. The van der Waals surface area contributed by atoms with E-state index in [0.717, 1.165) is 11.3 Å². The molecule has 3 N–H and O–H groups in total. The normalized spacial score (nSPS) is 11.6. The van der Waals surface area contributed by atoms with Crippen molar-refractivity contribution in [2.75, 3.05) is 10.5 Å². The molecule has 9 heteroatoms. The van der Waals surface area contributed by atoms with E-state index in [0.29, 0.717) is 11.5 Å². The minimum atomic E-state index is -3.65. The lowest BCUT2D eigenvalue weighted by Gasteiger charge is -2.06. The highest BCUT2D eigenvalue weighted by molar-refractivity contribution is 7.94. The second kappa shape index (κ2) is 4.00. The van der Waals surface area contributed by atoms with Gasteiger partial charge in [-0.1, -0.05) is 11.3 Å². The smallest absolute Gasteiger partial charge is 0.274 e. The highest BCUT2D eigenvalue weighted by atomic mass is 32.2. The van der Waals surface area contributed by atoms with Crippen molar-refractivity contribution in [1.82, 2.24) is 14.8 Å². The van der Waals surface area contributed by atoms with Crippen LogP contribution in [0.2, 0.25) is 0 Å². The van der Waals surface area contributed by atoms with E-state index in [9.17, 15) is 8.42 Å². The number of nitrogens with two attached hydrogens (primary N) is 1. The summed E-state index contributed by atoms with van der Waals surface area (Å²) in [5, 5.41) is 4.10. The van der Waals surface area contributed by atoms with E-state index < -0.39 is 10.0 Å². The molecule has 2 rings (SSSR count). The minimum Gasteiger partial charge on any atom is -0.375 e. The zero-order valence-corrected chi connectivity index (χ0v) is 10.8. The zero-order valence-electron chi connectivity index (χ0n) is 9.21. The Hall–Kier alpha value is -1.61. The third kappa shape index (κ3) is 2.24. The summed E-state index contributed by atoms with van der Waals surface area (Å²) in [7, 11) is -2.01.